The molecule has 4 nitrogen and oxygen atoms in total. The number of methoxy groups -OCH3 is 1. The van der Waals surface area contributed by atoms with Crippen LogP contribution in [0, 0.1) is 5.82 Å². The average Bonchev–Trinajstić information content (AvgIpc) is 2.91. The molecule has 1 aromatic rings. The highest BCUT2D eigenvalue weighted by Crippen LogP contribution is 2.30. The van der Waals surface area contributed by atoms with E-state index < -0.39 is 11.8 Å². The molecule has 2 saturated heterocycles. The number of anilines is 1. The Kier molecular flexibility index (Phi) is 4.10. The number of fused-ring (bicyclic) bond motifs is 1. The van der Waals surface area contributed by atoms with E-state index in [0.29, 0.717) is 17.8 Å². The van der Waals surface area contributed by atoms with Crippen LogP contribution in [0.4, 0.5) is 10.1 Å². The lowest BCUT2D eigenvalue weighted by Gasteiger charge is -2.33. The number of hydrogen-bond donors (Lipinski definition) is 1. The van der Waals surface area contributed by atoms with Crippen LogP contribution in [-0.4, -0.2) is 43.2 Å². The SMILES string of the molecule is COC(=O)c1cc(F)ccc1NC1CCN2CCCCC12. The molecule has 2 fully saturated rings. The molecule has 0 radical (unpaired) electrons. The Labute approximate surface area is 124 Å². The second kappa shape index (κ2) is 6.02. The first-order valence-corrected chi connectivity index (χ1v) is 7.57. The van der Waals surface area contributed by atoms with Crippen molar-refractivity contribution < 1.29 is 13.9 Å². The zero-order chi connectivity index (χ0) is 14.8. The maximum atomic E-state index is 13.4. The van der Waals surface area contributed by atoms with Crippen LogP contribution in [-0.2, 0) is 4.74 Å². The number of ether oxygens (including phenoxy) is 1. The van der Waals surface area contributed by atoms with Crippen molar-refractivity contribution in [3.8, 4) is 0 Å². The summed E-state index contributed by atoms with van der Waals surface area (Å²) in [4.78, 5) is 14.3. The molecule has 1 N–H and O–H groups in total. The van der Waals surface area contributed by atoms with Crippen molar-refractivity contribution in [2.24, 2.45) is 0 Å². The van der Waals surface area contributed by atoms with Gasteiger partial charge in [0.15, 0.2) is 0 Å². The van der Waals surface area contributed by atoms with Gasteiger partial charge in [0.05, 0.1) is 12.7 Å². The molecule has 5 heteroatoms. The zero-order valence-corrected chi connectivity index (χ0v) is 12.3. The molecule has 21 heavy (non-hydrogen) atoms. The predicted molar refractivity (Wildman–Crippen MR) is 79.0 cm³/mol. The maximum absolute atomic E-state index is 13.4. The first kappa shape index (κ1) is 14.3. The summed E-state index contributed by atoms with van der Waals surface area (Å²) in [6.07, 6.45) is 4.77. The molecule has 0 saturated carbocycles. The van der Waals surface area contributed by atoms with Crippen LogP contribution < -0.4 is 5.32 Å². The third-order valence-corrected chi connectivity index (χ3v) is 4.58. The number of nitrogens with zero attached hydrogens (tertiary/aromatic N) is 1. The number of benzene rings is 1. The van der Waals surface area contributed by atoms with Crippen LogP contribution in [0.3, 0.4) is 0 Å². The summed E-state index contributed by atoms with van der Waals surface area (Å²) < 4.78 is 18.1. The monoisotopic (exact) mass is 292 g/mol. The van der Waals surface area contributed by atoms with Gasteiger partial charge in [0.2, 0.25) is 0 Å². The number of piperidine rings is 1. The molecule has 0 bridgehead atoms. The van der Waals surface area contributed by atoms with Crippen molar-refractivity contribution in [3.05, 3.63) is 29.6 Å². The molecule has 114 valence electrons. The fourth-order valence-electron chi connectivity index (χ4n) is 3.54. The van der Waals surface area contributed by atoms with E-state index in [1.807, 2.05) is 0 Å². The Morgan fingerprint density at radius 3 is 3.00 bits per heavy atom. The van der Waals surface area contributed by atoms with Crippen LogP contribution in [0.2, 0.25) is 0 Å². The van der Waals surface area contributed by atoms with Gasteiger partial charge < -0.3 is 10.1 Å². The van der Waals surface area contributed by atoms with Gasteiger partial charge in [-0.05, 0) is 44.0 Å². The van der Waals surface area contributed by atoms with Gasteiger partial charge in [-0.1, -0.05) is 6.42 Å². The number of nitrogens with one attached hydrogen (secondary N) is 1. The Hall–Kier alpha value is -1.62. The highest BCUT2D eigenvalue weighted by Gasteiger charge is 2.35. The van der Waals surface area contributed by atoms with Gasteiger partial charge in [-0.25, -0.2) is 9.18 Å². The molecule has 2 unspecified atom stereocenters. The minimum Gasteiger partial charge on any atom is -0.465 e. The van der Waals surface area contributed by atoms with E-state index in [0.717, 1.165) is 19.5 Å². The Morgan fingerprint density at radius 1 is 1.33 bits per heavy atom. The lowest BCUT2D eigenvalue weighted by atomic mass is 9.98. The molecule has 0 aliphatic carbocycles. The van der Waals surface area contributed by atoms with E-state index in [9.17, 15) is 9.18 Å². The molecule has 0 spiro atoms. The number of rotatable bonds is 3. The second-order valence-electron chi connectivity index (χ2n) is 5.82. The molecular weight excluding hydrogens is 271 g/mol. The summed E-state index contributed by atoms with van der Waals surface area (Å²) in [6.45, 7) is 2.26. The number of halogens is 1. The molecule has 2 aliphatic rings. The van der Waals surface area contributed by atoms with Crippen LogP contribution in [0.25, 0.3) is 0 Å². The molecule has 2 atom stereocenters. The molecule has 2 heterocycles. The van der Waals surface area contributed by atoms with E-state index in [2.05, 4.69) is 10.2 Å². The summed E-state index contributed by atoms with van der Waals surface area (Å²) >= 11 is 0. The topological polar surface area (TPSA) is 41.6 Å². The van der Waals surface area contributed by atoms with Crippen molar-refractivity contribution in [2.75, 3.05) is 25.5 Å². The van der Waals surface area contributed by atoms with E-state index >= 15 is 0 Å². The summed E-state index contributed by atoms with van der Waals surface area (Å²) in [5.74, 6) is -0.929. The van der Waals surface area contributed by atoms with E-state index in [1.165, 1.54) is 38.5 Å². The first-order chi connectivity index (χ1) is 10.2. The molecule has 0 aromatic heterocycles. The Bertz CT molecular complexity index is 535. The molecule has 1 aromatic carbocycles. The van der Waals surface area contributed by atoms with E-state index in [4.69, 9.17) is 4.74 Å². The van der Waals surface area contributed by atoms with Crippen LogP contribution >= 0.6 is 0 Å². The minimum atomic E-state index is -0.504. The van der Waals surface area contributed by atoms with Crippen molar-refractivity contribution in [1.82, 2.24) is 4.90 Å². The van der Waals surface area contributed by atoms with Gasteiger partial charge in [0.1, 0.15) is 5.82 Å². The quantitative estimate of drug-likeness (QED) is 0.870. The first-order valence-electron chi connectivity index (χ1n) is 7.57. The van der Waals surface area contributed by atoms with E-state index in [-0.39, 0.29) is 5.56 Å². The van der Waals surface area contributed by atoms with Gasteiger partial charge in [-0.3, -0.25) is 4.90 Å². The lowest BCUT2D eigenvalue weighted by molar-refractivity contribution is 0.0601. The van der Waals surface area contributed by atoms with Crippen molar-refractivity contribution in [3.63, 3.8) is 0 Å². The fraction of sp³-hybridized carbons (Fsp3) is 0.562. The third kappa shape index (κ3) is 2.88. The van der Waals surface area contributed by atoms with Gasteiger partial charge in [-0.15, -0.1) is 0 Å². The van der Waals surface area contributed by atoms with Crippen LogP contribution in [0.15, 0.2) is 18.2 Å². The minimum absolute atomic E-state index is 0.270. The van der Waals surface area contributed by atoms with Crippen molar-refractivity contribution >= 4 is 11.7 Å². The molecule has 2 aliphatic heterocycles. The zero-order valence-electron chi connectivity index (χ0n) is 12.3. The summed E-state index contributed by atoms with van der Waals surface area (Å²) in [6, 6.07) is 5.09. The smallest absolute Gasteiger partial charge is 0.340 e. The number of hydrogen-bond acceptors (Lipinski definition) is 4. The normalized spacial score (nSPS) is 25.4. The molecule has 3 rings (SSSR count). The van der Waals surface area contributed by atoms with E-state index in [1.54, 1.807) is 6.07 Å². The number of carbonyl (C=O) groups excluding carboxylic acids is 1. The maximum Gasteiger partial charge on any atom is 0.340 e. The van der Waals surface area contributed by atoms with Crippen molar-refractivity contribution in [2.45, 2.75) is 37.8 Å². The van der Waals surface area contributed by atoms with Gasteiger partial charge in [-0.2, -0.15) is 0 Å². The van der Waals surface area contributed by atoms with Gasteiger partial charge >= 0.3 is 5.97 Å². The summed E-state index contributed by atoms with van der Waals surface area (Å²) in [5.41, 5.74) is 0.937. The lowest BCUT2D eigenvalue weighted by Crippen LogP contribution is -2.41. The second-order valence-corrected chi connectivity index (χ2v) is 5.82. The largest absolute Gasteiger partial charge is 0.465 e. The number of esters is 1. The fourth-order valence-corrected chi connectivity index (χ4v) is 3.54. The average molecular weight is 292 g/mol. The summed E-state index contributed by atoms with van der Waals surface area (Å²) in [5, 5.41) is 3.44. The van der Waals surface area contributed by atoms with Gasteiger partial charge in [0, 0.05) is 24.3 Å². The highest BCUT2D eigenvalue weighted by atomic mass is 19.1. The molecular formula is C16H21FN2O2. The highest BCUT2D eigenvalue weighted by molar-refractivity contribution is 5.95. The van der Waals surface area contributed by atoms with Gasteiger partial charge in [0.25, 0.3) is 0 Å². The number of carbonyl (C=O) groups is 1. The van der Waals surface area contributed by atoms with Crippen LogP contribution in [0.5, 0.6) is 0 Å². The predicted octanol–water partition coefficient (Wildman–Crippen LogP) is 2.65. The third-order valence-electron chi connectivity index (χ3n) is 4.58. The Morgan fingerprint density at radius 2 is 2.19 bits per heavy atom. The Balaban J connectivity index is 1.80. The summed E-state index contributed by atoms with van der Waals surface area (Å²) in [7, 11) is 1.31. The molecule has 0 amide bonds. The van der Waals surface area contributed by atoms with Crippen LogP contribution in [0.1, 0.15) is 36.0 Å². The standard InChI is InChI=1S/C16H21FN2O2/c1-21-16(20)12-10-11(17)5-6-13(12)18-14-7-9-19-8-3-2-4-15(14)19/h5-6,10,14-15,18H,2-4,7-9H2,1H3. The van der Waals surface area contributed by atoms with Crippen molar-refractivity contribution in [1.29, 1.82) is 0 Å².